The molecule has 1 aromatic carbocycles. The van der Waals surface area contributed by atoms with Gasteiger partial charge in [-0.1, -0.05) is 30.3 Å². The maximum atomic E-state index is 11.3. The zero-order valence-electron chi connectivity index (χ0n) is 10.8. The summed E-state index contributed by atoms with van der Waals surface area (Å²) in [6.07, 6.45) is 0.728. The van der Waals surface area contributed by atoms with Gasteiger partial charge >= 0.3 is 6.09 Å². The zero-order chi connectivity index (χ0) is 13.0. The van der Waals surface area contributed by atoms with Crippen LogP contribution in [0, 0.1) is 5.92 Å². The van der Waals surface area contributed by atoms with E-state index < -0.39 is 0 Å². The number of carbonyl (C=O) groups is 1. The van der Waals surface area contributed by atoms with Crippen molar-refractivity contribution in [3.63, 3.8) is 0 Å². The summed E-state index contributed by atoms with van der Waals surface area (Å²) >= 11 is 0. The zero-order valence-corrected chi connectivity index (χ0v) is 10.8. The van der Waals surface area contributed by atoms with Crippen molar-refractivity contribution in [3.05, 3.63) is 35.9 Å². The lowest BCUT2D eigenvalue weighted by Gasteiger charge is -2.15. The van der Waals surface area contributed by atoms with Crippen LogP contribution in [0.25, 0.3) is 0 Å². The van der Waals surface area contributed by atoms with E-state index in [0.717, 1.165) is 6.42 Å². The Morgan fingerprint density at radius 1 is 1.39 bits per heavy atom. The third-order valence-corrected chi connectivity index (χ3v) is 3.29. The number of hydrogen-bond acceptors (Lipinski definition) is 3. The van der Waals surface area contributed by atoms with Crippen LogP contribution in [0.4, 0.5) is 4.79 Å². The monoisotopic (exact) mass is 249 g/mol. The van der Waals surface area contributed by atoms with E-state index >= 15 is 0 Å². The number of benzene rings is 1. The summed E-state index contributed by atoms with van der Waals surface area (Å²) in [5.41, 5.74) is 1.18. The number of methoxy groups -OCH3 is 1. The fourth-order valence-electron chi connectivity index (χ4n) is 2.07. The lowest BCUT2D eigenvalue weighted by atomic mass is 10.2. The Morgan fingerprint density at radius 2 is 2.11 bits per heavy atom. The summed E-state index contributed by atoms with van der Waals surface area (Å²) < 4.78 is 10.3. The van der Waals surface area contributed by atoms with E-state index in [1.165, 1.54) is 12.7 Å². The van der Waals surface area contributed by atoms with E-state index in [1.807, 2.05) is 30.3 Å². The highest BCUT2D eigenvalue weighted by molar-refractivity contribution is 5.67. The standard InChI is InChI=1S/C14H19NO3/c1-15(14(16)17-2)13-8-12(13)10-18-9-11-6-4-3-5-7-11/h3-7,12-13H,8-10H2,1-2H3/t12-,13-/m1/s1. The van der Waals surface area contributed by atoms with Crippen molar-refractivity contribution < 1.29 is 14.3 Å². The van der Waals surface area contributed by atoms with Gasteiger partial charge in [-0.25, -0.2) is 4.79 Å². The number of amides is 1. The van der Waals surface area contributed by atoms with E-state index in [1.54, 1.807) is 11.9 Å². The third kappa shape index (κ3) is 3.23. The molecule has 1 aliphatic rings. The Balaban J connectivity index is 1.67. The predicted octanol–water partition coefficient (Wildman–Crippen LogP) is 2.29. The average molecular weight is 249 g/mol. The fraction of sp³-hybridized carbons (Fsp3) is 0.500. The first kappa shape index (κ1) is 12.9. The Labute approximate surface area is 107 Å². The van der Waals surface area contributed by atoms with E-state index in [-0.39, 0.29) is 12.1 Å². The van der Waals surface area contributed by atoms with Crippen LogP contribution < -0.4 is 0 Å². The molecule has 18 heavy (non-hydrogen) atoms. The molecule has 0 unspecified atom stereocenters. The van der Waals surface area contributed by atoms with E-state index in [9.17, 15) is 4.79 Å². The number of rotatable bonds is 5. The molecule has 4 nitrogen and oxygen atoms in total. The molecule has 1 saturated carbocycles. The van der Waals surface area contributed by atoms with Crippen LogP contribution in [0.5, 0.6) is 0 Å². The minimum Gasteiger partial charge on any atom is -0.453 e. The summed E-state index contributed by atoms with van der Waals surface area (Å²) in [7, 11) is 3.18. The van der Waals surface area contributed by atoms with Crippen LogP contribution in [-0.4, -0.2) is 37.8 Å². The van der Waals surface area contributed by atoms with E-state index in [2.05, 4.69) is 4.74 Å². The van der Waals surface area contributed by atoms with Gasteiger partial charge in [0.05, 0.1) is 20.3 Å². The largest absolute Gasteiger partial charge is 0.453 e. The van der Waals surface area contributed by atoms with Crippen LogP contribution in [0.3, 0.4) is 0 Å². The van der Waals surface area contributed by atoms with Gasteiger partial charge in [-0.2, -0.15) is 0 Å². The van der Waals surface area contributed by atoms with Gasteiger partial charge in [-0.05, 0) is 12.0 Å². The highest BCUT2D eigenvalue weighted by Gasteiger charge is 2.42. The second kappa shape index (κ2) is 5.87. The summed E-state index contributed by atoms with van der Waals surface area (Å²) in [6.45, 7) is 1.33. The Morgan fingerprint density at radius 3 is 2.78 bits per heavy atom. The van der Waals surface area contributed by atoms with Crippen molar-refractivity contribution in [1.29, 1.82) is 0 Å². The number of nitrogens with zero attached hydrogens (tertiary/aromatic N) is 1. The molecular formula is C14H19NO3. The minimum absolute atomic E-state index is 0.272. The molecule has 1 fully saturated rings. The number of carbonyl (C=O) groups excluding carboxylic acids is 1. The van der Waals surface area contributed by atoms with Gasteiger partial charge in [0, 0.05) is 19.0 Å². The first-order chi connectivity index (χ1) is 8.72. The van der Waals surface area contributed by atoms with Gasteiger partial charge in [-0.15, -0.1) is 0 Å². The van der Waals surface area contributed by atoms with Crippen molar-refractivity contribution in [3.8, 4) is 0 Å². The normalized spacial score (nSPS) is 21.4. The summed E-state index contributed by atoms with van der Waals surface area (Å²) in [4.78, 5) is 12.9. The number of ether oxygens (including phenoxy) is 2. The summed E-state index contributed by atoms with van der Waals surface area (Å²) in [6, 6.07) is 10.4. The molecule has 4 heteroatoms. The summed E-state index contributed by atoms with van der Waals surface area (Å²) in [5, 5.41) is 0. The molecule has 0 aliphatic heterocycles. The van der Waals surface area contributed by atoms with Gasteiger partial charge < -0.3 is 14.4 Å². The van der Waals surface area contributed by atoms with E-state index in [4.69, 9.17) is 4.74 Å². The SMILES string of the molecule is COC(=O)N(C)[C@@H]1C[C@@H]1COCc1ccccc1. The van der Waals surface area contributed by atoms with E-state index in [0.29, 0.717) is 19.1 Å². The van der Waals surface area contributed by atoms with Crippen LogP contribution >= 0.6 is 0 Å². The molecule has 98 valence electrons. The molecule has 0 aromatic heterocycles. The third-order valence-electron chi connectivity index (χ3n) is 3.29. The Bertz CT molecular complexity index is 393. The summed E-state index contributed by atoms with van der Waals surface area (Å²) in [5.74, 6) is 0.442. The molecule has 2 rings (SSSR count). The minimum atomic E-state index is -0.273. The molecule has 0 N–H and O–H groups in total. The maximum Gasteiger partial charge on any atom is 0.409 e. The lowest BCUT2D eigenvalue weighted by molar-refractivity contribution is 0.0979. The Kier molecular flexibility index (Phi) is 4.20. The van der Waals surface area contributed by atoms with Crippen molar-refractivity contribution in [2.75, 3.05) is 20.8 Å². The van der Waals surface area contributed by atoms with Crippen molar-refractivity contribution >= 4 is 6.09 Å². The topological polar surface area (TPSA) is 38.8 Å². The van der Waals surface area contributed by atoms with Crippen molar-refractivity contribution in [2.45, 2.75) is 19.1 Å². The smallest absolute Gasteiger partial charge is 0.409 e. The second-order valence-corrected chi connectivity index (χ2v) is 4.64. The molecule has 0 heterocycles. The molecule has 1 aliphatic carbocycles. The molecule has 2 atom stereocenters. The highest BCUT2D eigenvalue weighted by atomic mass is 16.5. The van der Waals surface area contributed by atoms with Crippen LogP contribution in [0.2, 0.25) is 0 Å². The fourth-order valence-corrected chi connectivity index (χ4v) is 2.07. The molecular weight excluding hydrogens is 230 g/mol. The maximum absolute atomic E-state index is 11.3. The van der Waals surface area contributed by atoms with Crippen LogP contribution in [0.1, 0.15) is 12.0 Å². The van der Waals surface area contributed by atoms with Gasteiger partial charge in [0.1, 0.15) is 0 Å². The van der Waals surface area contributed by atoms with Gasteiger partial charge in [0.2, 0.25) is 0 Å². The molecule has 1 amide bonds. The average Bonchev–Trinajstić information content (AvgIpc) is 3.18. The van der Waals surface area contributed by atoms with Gasteiger partial charge in [0.15, 0.2) is 0 Å². The predicted molar refractivity (Wildman–Crippen MR) is 68.2 cm³/mol. The highest BCUT2D eigenvalue weighted by Crippen LogP contribution is 2.35. The second-order valence-electron chi connectivity index (χ2n) is 4.64. The van der Waals surface area contributed by atoms with Crippen molar-refractivity contribution in [1.82, 2.24) is 4.90 Å². The first-order valence-electron chi connectivity index (χ1n) is 6.15. The molecule has 0 spiro atoms. The molecule has 1 aromatic rings. The molecule has 0 saturated heterocycles. The van der Waals surface area contributed by atoms with Crippen LogP contribution in [0.15, 0.2) is 30.3 Å². The van der Waals surface area contributed by atoms with Gasteiger partial charge in [0.25, 0.3) is 0 Å². The molecule has 0 bridgehead atoms. The first-order valence-corrected chi connectivity index (χ1v) is 6.15. The number of hydrogen-bond donors (Lipinski definition) is 0. The Hall–Kier alpha value is -1.55. The molecule has 0 radical (unpaired) electrons. The lowest BCUT2D eigenvalue weighted by Crippen LogP contribution is -2.30. The van der Waals surface area contributed by atoms with Crippen LogP contribution in [-0.2, 0) is 16.1 Å². The van der Waals surface area contributed by atoms with Gasteiger partial charge in [-0.3, -0.25) is 0 Å². The van der Waals surface area contributed by atoms with Crippen molar-refractivity contribution in [2.24, 2.45) is 5.92 Å². The quantitative estimate of drug-likeness (QED) is 0.803.